The second-order valence-electron chi connectivity index (χ2n) is 5.23. The summed E-state index contributed by atoms with van der Waals surface area (Å²) in [5.41, 5.74) is 0. The zero-order valence-corrected chi connectivity index (χ0v) is 10.6. The van der Waals surface area contributed by atoms with E-state index in [1.54, 1.807) is 0 Å². The monoisotopic (exact) mass is 211 g/mol. The molecule has 2 nitrogen and oxygen atoms in total. The molecule has 0 aromatic carbocycles. The molecule has 0 spiro atoms. The van der Waals surface area contributed by atoms with Gasteiger partial charge in [0, 0.05) is 19.0 Å². The van der Waals surface area contributed by atoms with Gasteiger partial charge in [-0.3, -0.25) is 4.79 Å². The van der Waals surface area contributed by atoms with Gasteiger partial charge in [0.25, 0.3) is 0 Å². The highest BCUT2D eigenvalue weighted by Gasteiger charge is 2.27. The van der Waals surface area contributed by atoms with Crippen LogP contribution in [0.15, 0.2) is 0 Å². The van der Waals surface area contributed by atoms with Crippen LogP contribution in [-0.4, -0.2) is 23.9 Å². The van der Waals surface area contributed by atoms with E-state index in [-0.39, 0.29) is 5.92 Å². The zero-order valence-electron chi connectivity index (χ0n) is 10.6. The fourth-order valence-corrected chi connectivity index (χ4v) is 2.37. The molecule has 0 radical (unpaired) electrons. The fraction of sp³-hybridized carbons (Fsp3) is 0.923. The average molecular weight is 211 g/mol. The van der Waals surface area contributed by atoms with Crippen LogP contribution in [0.1, 0.15) is 47.0 Å². The van der Waals surface area contributed by atoms with Crippen LogP contribution in [0, 0.1) is 17.8 Å². The van der Waals surface area contributed by atoms with Gasteiger partial charge in [-0.05, 0) is 24.7 Å². The van der Waals surface area contributed by atoms with Gasteiger partial charge in [0.1, 0.15) is 0 Å². The maximum Gasteiger partial charge on any atom is 0.225 e. The van der Waals surface area contributed by atoms with E-state index in [0.717, 1.165) is 24.9 Å². The van der Waals surface area contributed by atoms with Crippen LogP contribution in [0.4, 0.5) is 0 Å². The number of carbonyl (C=O) groups is 1. The van der Waals surface area contributed by atoms with Crippen LogP contribution >= 0.6 is 0 Å². The SMILES string of the molecule is CCC(C)[C@@H]1CCCN(C(=O)C(C)C)C1. The molecule has 1 amide bonds. The highest BCUT2D eigenvalue weighted by molar-refractivity contribution is 5.78. The topological polar surface area (TPSA) is 20.3 Å². The molecule has 0 saturated carbocycles. The van der Waals surface area contributed by atoms with Crippen LogP contribution in [0.2, 0.25) is 0 Å². The van der Waals surface area contributed by atoms with Gasteiger partial charge >= 0.3 is 0 Å². The Kier molecular flexibility index (Phi) is 4.62. The lowest BCUT2D eigenvalue weighted by Crippen LogP contribution is -2.43. The lowest BCUT2D eigenvalue weighted by Gasteiger charge is -2.36. The molecule has 1 rings (SSSR count). The van der Waals surface area contributed by atoms with Crippen molar-refractivity contribution in [2.75, 3.05) is 13.1 Å². The van der Waals surface area contributed by atoms with E-state index in [4.69, 9.17) is 0 Å². The molecule has 0 aromatic rings. The van der Waals surface area contributed by atoms with Crippen LogP contribution in [0.3, 0.4) is 0 Å². The number of amides is 1. The number of likely N-dealkylation sites (tertiary alicyclic amines) is 1. The maximum absolute atomic E-state index is 11.9. The zero-order chi connectivity index (χ0) is 11.4. The molecule has 0 N–H and O–H groups in total. The molecule has 1 heterocycles. The maximum atomic E-state index is 11.9. The lowest BCUT2D eigenvalue weighted by atomic mass is 9.85. The molecule has 1 saturated heterocycles. The van der Waals surface area contributed by atoms with E-state index < -0.39 is 0 Å². The molecule has 2 heteroatoms. The second kappa shape index (κ2) is 5.53. The van der Waals surface area contributed by atoms with Gasteiger partial charge in [-0.15, -0.1) is 0 Å². The molecule has 0 aromatic heterocycles. The number of rotatable bonds is 3. The quantitative estimate of drug-likeness (QED) is 0.703. The minimum absolute atomic E-state index is 0.153. The van der Waals surface area contributed by atoms with Crippen molar-refractivity contribution < 1.29 is 4.79 Å². The summed E-state index contributed by atoms with van der Waals surface area (Å²) in [7, 11) is 0. The standard InChI is InChI=1S/C13H25NO/c1-5-11(4)12-7-6-8-14(9-12)13(15)10(2)3/h10-12H,5-9H2,1-4H3/t11?,12-/m1/s1. The summed E-state index contributed by atoms with van der Waals surface area (Å²) in [6.07, 6.45) is 3.72. The number of hydrogen-bond donors (Lipinski definition) is 0. The van der Waals surface area contributed by atoms with Gasteiger partial charge in [0.15, 0.2) is 0 Å². The molecule has 0 aliphatic carbocycles. The van der Waals surface area contributed by atoms with Gasteiger partial charge in [-0.25, -0.2) is 0 Å². The first-order valence-electron chi connectivity index (χ1n) is 6.35. The van der Waals surface area contributed by atoms with Gasteiger partial charge in [-0.2, -0.15) is 0 Å². The Morgan fingerprint density at radius 3 is 2.60 bits per heavy atom. The Hall–Kier alpha value is -0.530. The molecular weight excluding hydrogens is 186 g/mol. The minimum atomic E-state index is 0.153. The van der Waals surface area contributed by atoms with Gasteiger partial charge in [0.2, 0.25) is 5.91 Å². The van der Waals surface area contributed by atoms with Crippen molar-refractivity contribution in [1.82, 2.24) is 4.90 Å². The van der Waals surface area contributed by atoms with Crippen molar-refractivity contribution in [3.05, 3.63) is 0 Å². The molecule has 1 unspecified atom stereocenters. The van der Waals surface area contributed by atoms with Crippen molar-refractivity contribution in [3.63, 3.8) is 0 Å². The van der Waals surface area contributed by atoms with E-state index in [2.05, 4.69) is 18.7 Å². The summed E-state index contributed by atoms with van der Waals surface area (Å²) in [6, 6.07) is 0. The predicted molar refractivity (Wildman–Crippen MR) is 63.6 cm³/mol. The van der Waals surface area contributed by atoms with Crippen LogP contribution in [-0.2, 0) is 4.79 Å². The first-order chi connectivity index (χ1) is 7.06. The average Bonchev–Trinajstić information content (AvgIpc) is 2.27. The van der Waals surface area contributed by atoms with Crippen molar-refractivity contribution in [1.29, 1.82) is 0 Å². The highest BCUT2D eigenvalue weighted by Crippen LogP contribution is 2.26. The normalized spacial score (nSPS) is 24.3. The molecule has 1 fully saturated rings. The number of carbonyl (C=O) groups excluding carboxylic acids is 1. The summed E-state index contributed by atoms with van der Waals surface area (Å²) in [5.74, 6) is 1.97. The van der Waals surface area contributed by atoms with E-state index in [0.29, 0.717) is 5.91 Å². The Labute approximate surface area is 94.0 Å². The summed E-state index contributed by atoms with van der Waals surface area (Å²) in [6.45, 7) is 10.5. The number of hydrogen-bond acceptors (Lipinski definition) is 1. The van der Waals surface area contributed by atoms with Gasteiger partial charge in [0.05, 0.1) is 0 Å². The third kappa shape index (κ3) is 3.22. The van der Waals surface area contributed by atoms with Crippen LogP contribution < -0.4 is 0 Å². The Morgan fingerprint density at radius 1 is 1.40 bits per heavy atom. The predicted octanol–water partition coefficient (Wildman–Crippen LogP) is 2.93. The van der Waals surface area contributed by atoms with E-state index in [1.165, 1.54) is 19.3 Å². The Balaban J connectivity index is 2.52. The van der Waals surface area contributed by atoms with Crippen LogP contribution in [0.5, 0.6) is 0 Å². The van der Waals surface area contributed by atoms with Gasteiger partial charge < -0.3 is 4.90 Å². The minimum Gasteiger partial charge on any atom is -0.342 e. The fourth-order valence-electron chi connectivity index (χ4n) is 2.37. The third-order valence-corrected chi connectivity index (χ3v) is 3.71. The molecular formula is C13H25NO. The molecule has 88 valence electrons. The first-order valence-corrected chi connectivity index (χ1v) is 6.35. The Bertz CT molecular complexity index is 213. The molecule has 1 aliphatic heterocycles. The Morgan fingerprint density at radius 2 is 2.07 bits per heavy atom. The van der Waals surface area contributed by atoms with Gasteiger partial charge in [-0.1, -0.05) is 34.1 Å². The molecule has 0 bridgehead atoms. The van der Waals surface area contributed by atoms with E-state index >= 15 is 0 Å². The van der Waals surface area contributed by atoms with E-state index in [1.807, 2.05) is 13.8 Å². The number of nitrogens with zero attached hydrogens (tertiary/aromatic N) is 1. The summed E-state index contributed by atoms with van der Waals surface area (Å²) in [5, 5.41) is 0. The summed E-state index contributed by atoms with van der Waals surface area (Å²) in [4.78, 5) is 14.0. The van der Waals surface area contributed by atoms with Crippen LogP contribution in [0.25, 0.3) is 0 Å². The summed E-state index contributed by atoms with van der Waals surface area (Å²) >= 11 is 0. The molecule has 1 aliphatic rings. The lowest BCUT2D eigenvalue weighted by molar-refractivity contribution is -0.136. The van der Waals surface area contributed by atoms with Crippen molar-refractivity contribution >= 4 is 5.91 Å². The smallest absolute Gasteiger partial charge is 0.225 e. The van der Waals surface area contributed by atoms with Crippen molar-refractivity contribution in [2.45, 2.75) is 47.0 Å². The second-order valence-corrected chi connectivity index (χ2v) is 5.23. The highest BCUT2D eigenvalue weighted by atomic mass is 16.2. The van der Waals surface area contributed by atoms with E-state index in [9.17, 15) is 4.79 Å². The van der Waals surface area contributed by atoms with Crippen molar-refractivity contribution in [3.8, 4) is 0 Å². The summed E-state index contributed by atoms with van der Waals surface area (Å²) < 4.78 is 0. The van der Waals surface area contributed by atoms with Crippen molar-refractivity contribution in [2.24, 2.45) is 17.8 Å². The first kappa shape index (κ1) is 12.5. The number of piperidine rings is 1. The molecule has 15 heavy (non-hydrogen) atoms. The third-order valence-electron chi connectivity index (χ3n) is 3.71. The largest absolute Gasteiger partial charge is 0.342 e. The molecule has 2 atom stereocenters.